The molecule has 2 aromatic rings. The maximum absolute atomic E-state index is 13.0. The molecule has 1 aromatic carbocycles. The van der Waals surface area contributed by atoms with E-state index in [0.29, 0.717) is 19.8 Å². The molecule has 126 valence electrons. The zero-order valence-electron chi connectivity index (χ0n) is 13.0. The molecular weight excluding hydrogens is 333 g/mol. The molecule has 5 nitrogen and oxygen atoms in total. The van der Waals surface area contributed by atoms with E-state index in [4.69, 9.17) is 16.3 Å². The monoisotopic (exact) mass is 349 g/mol. The summed E-state index contributed by atoms with van der Waals surface area (Å²) in [5.74, 6) is 0.0513. The summed E-state index contributed by atoms with van der Waals surface area (Å²) in [5.41, 5.74) is 1.18. The Morgan fingerprint density at radius 1 is 1.29 bits per heavy atom. The first-order chi connectivity index (χ1) is 11.6. The molecule has 2 heterocycles. The van der Waals surface area contributed by atoms with E-state index >= 15 is 0 Å². The maximum atomic E-state index is 13.0. The third kappa shape index (κ3) is 4.01. The zero-order chi connectivity index (χ0) is 16.9. The van der Waals surface area contributed by atoms with Crippen LogP contribution in [-0.4, -0.2) is 37.2 Å². The van der Waals surface area contributed by atoms with Crippen LogP contribution in [0.25, 0.3) is 0 Å². The lowest BCUT2D eigenvalue weighted by atomic mass is 10.2. The number of morpholine rings is 1. The molecule has 0 aliphatic carbocycles. The highest BCUT2D eigenvalue weighted by molar-refractivity contribution is 6.33. The Labute approximate surface area is 144 Å². The van der Waals surface area contributed by atoms with Crippen molar-refractivity contribution < 1.29 is 13.9 Å². The lowest BCUT2D eigenvalue weighted by molar-refractivity contribution is 0.0951. The molecule has 0 bridgehead atoms. The molecule has 0 unspecified atom stereocenters. The van der Waals surface area contributed by atoms with Crippen LogP contribution in [0, 0.1) is 5.82 Å². The number of pyridine rings is 1. The van der Waals surface area contributed by atoms with Gasteiger partial charge in [-0.2, -0.15) is 0 Å². The van der Waals surface area contributed by atoms with Crippen LogP contribution in [-0.2, 0) is 11.3 Å². The minimum atomic E-state index is -0.471. The fraction of sp³-hybridized carbons (Fsp3) is 0.294. The van der Waals surface area contributed by atoms with Gasteiger partial charge in [0.05, 0.1) is 23.8 Å². The number of carbonyl (C=O) groups is 1. The quantitative estimate of drug-likeness (QED) is 0.922. The standard InChI is InChI=1S/C17H17ClFN3O2/c18-15-10-13(19)1-2-14(15)17(23)21-11-12-3-4-20-16(9-12)22-5-7-24-8-6-22/h1-4,9-10H,5-8,11H2,(H,21,23). The van der Waals surface area contributed by atoms with E-state index in [1.807, 2.05) is 12.1 Å². The van der Waals surface area contributed by atoms with Crippen LogP contribution in [0.15, 0.2) is 36.5 Å². The summed E-state index contributed by atoms with van der Waals surface area (Å²) in [4.78, 5) is 18.7. The smallest absolute Gasteiger partial charge is 0.253 e. The normalized spacial score (nSPS) is 14.5. The van der Waals surface area contributed by atoms with Gasteiger partial charge in [-0.05, 0) is 35.9 Å². The molecular formula is C17H17ClFN3O2. The topological polar surface area (TPSA) is 54.5 Å². The van der Waals surface area contributed by atoms with E-state index < -0.39 is 5.82 Å². The Morgan fingerprint density at radius 2 is 2.08 bits per heavy atom. The van der Waals surface area contributed by atoms with E-state index in [2.05, 4.69) is 15.2 Å². The molecule has 0 spiro atoms. The number of aromatic nitrogens is 1. The molecule has 1 aliphatic rings. The maximum Gasteiger partial charge on any atom is 0.253 e. The Kier molecular flexibility index (Phi) is 5.27. The fourth-order valence-electron chi connectivity index (χ4n) is 2.49. The van der Waals surface area contributed by atoms with Gasteiger partial charge in [0.15, 0.2) is 0 Å². The number of halogens is 2. The van der Waals surface area contributed by atoms with Gasteiger partial charge in [-0.15, -0.1) is 0 Å². The lowest BCUT2D eigenvalue weighted by Gasteiger charge is -2.28. The van der Waals surface area contributed by atoms with Crippen LogP contribution < -0.4 is 10.2 Å². The average molecular weight is 350 g/mol. The summed E-state index contributed by atoms with van der Waals surface area (Å²) in [6.45, 7) is 3.31. The second-order valence-electron chi connectivity index (χ2n) is 5.43. The molecule has 7 heteroatoms. The highest BCUT2D eigenvalue weighted by Crippen LogP contribution is 2.18. The van der Waals surface area contributed by atoms with Gasteiger partial charge in [-0.1, -0.05) is 11.6 Å². The minimum absolute atomic E-state index is 0.0937. The Bertz CT molecular complexity index is 736. The molecule has 1 aromatic heterocycles. The lowest BCUT2D eigenvalue weighted by Crippen LogP contribution is -2.36. The SMILES string of the molecule is O=C(NCc1ccnc(N2CCOCC2)c1)c1ccc(F)cc1Cl. The van der Waals surface area contributed by atoms with Crippen molar-refractivity contribution in [3.8, 4) is 0 Å². The number of ether oxygens (including phenoxy) is 1. The third-order valence-corrected chi connectivity index (χ3v) is 4.09. The van der Waals surface area contributed by atoms with Crippen LogP contribution in [0.5, 0.6) is 0 Å². The number of nitrogens with one attached hydrogen (secondary N) is 1. The zero-order valence-corrected chi connectivity index (χ0v) is 13.7. The fourth-order valence-corrected chi connectivity index (χ4v) is 2.74. The third-order valence-electron chi connectivity index (χ3n) is 3.77. The molecule has 1 amide bonds. The summed E-state index contributed by atoms with van der Waals surface area (Å²) in [5, 5.41) is 2.88. The van der Waals surface area contributed by atoms with Gasteiger partial charge < -0.3 is 15.0 Å². The number of hydrogen-bond acceptors (Lipinski definition) is 4. The summed E-state index contributed by atoms with van der Waals surface area (Å²) >= 11 is 5.90. The first kappa shape index (κ1) is 16.7. The summed E-state index contributed by atoms with van der Waals surface area (Å²) in [7, 11) is 0. The summed E-state index contributed by atoms with van der Waals surface area (Å²) < 4.78 is 18.4. The van der Waals surface area contributed by atoms with Crippen molar-refractivity contribution in [3.05, 3.63) is 58.5 Å². The van der Waals surface area contributed by atoms with Gasteiger partial charge in [0.1, 0.15) is 11.6 Å². The first-order valence-corrected chi connectivity index (χ1v) is 8.02. The van der Waals surface area contributed by atoms with Crippen molar-refractivity contribution in [3.63, 3.8) is 0 Å². The van der Waals surface area contributed by atoms with Crippen molar-refractivity contribution in [2.75, 3.05) is 31.2 Å². The molecule has 0 radical (unpaired) electrons. The molecule has 1 N–H and O–H groups in total. The molecule has 0 saturated carbocycles. The van der Waals surface area contributed by atoms with E-state index in [0.717, 1.165) is 30.5 Å². The average Bonchev–Trinajstić information content (AvgIpc) is 2.61. The van der Waals surface area contributed by atoms with Crippen LogP contribution in [0.4, 0.5) is 10.2 Å². The van der Waals surface area contributed by atoms with Gasteiger partial charge in [-0.25, -0.2) is 9.37 Å². The van der Waals surface area contributed by atoms with Crippen molar-refractivity contribution in [1.82, 2.24) is 10.3 Å². The predicted octanol–water partition coefficient (Wildman–Crippen LogP) is 2.64. The number of carbonyl (C=O) groups excluding carboxylic acids is 1. The van der Waals surface area contributed by atoms with Crippen molar-refractivity contribution >= 4 is 23.3 Å². The second kappa shape index (κ2) is 7.59. The highest BCUT2D eigenvalue weighted by atomic mass is 35.5. The van der Waals surface area contributed by atoms with Crippen LogP contribution >= 0.6 is 11.6 Å². The van der Waals surface area contributed by atoms with E-state index in [1.165, 1.54) is 12.1 Å². The van der Waals surface area contributed by atoms with Gasteiger partial charge >= 0.3 is 0 Å². The van der Waals surface area contributed by atoms with E-state index in [1.54, 1.807) is 6.20 Å². The van der Waals surface area contributed by atoms with Gasteiger partial charge in [0.2, 0.25) is 0 Å². The van der Waals surface area contributed by atoms with Crippen LogP contribution in [0.1, 0.15) is 15.9 Å². The molecule has 0 atom stereocenters. The first-order valence-electron chi connectivity index (χ1n) is 7.64. The number of amides is 1. The van der Waals surface area contributed by atoms with E-state index in [9.17, 15) is 9.18 Å². The van der Waals surface area contributed by atoms with Crippen molar-refractivity contribution in [2.45, 2.75) is 6.54 Å². The highest BCUT2D eigenvalue weighted by Gasteiger charge is 2.14. The van der Waals surface area contributed by atoms with E-state index in [-0.39, 0.29) is 16.5 Å². The largest absolute Gasteiger partial charge is 0.378 e. The number of anilines is 1. The molecule has 3 rings (SSSR count). The van der Waals surface area contributed by atoms with Crippen molar-refractivity contribution in [1.29, 1.82) is 0 Å². The van der Waals surface area contributed by atoms with Gasteiger partial charge in [-0.3, -0.25) is 4.79 Å². The second-order valence-corrected chi connectivity index (χ2v) is 5.84. The Balaban J connectivity index is 1.64. The number of hydrogen-bond donors (Lipinski definition) is 1. The molecule has 1 saturated heterocycles. The predicted molar refractivity (Wildman–Crippen MR) is 89.8 cm³/mol. The van der Waals surface area contributed by atoms with Crippen molar-refractivity contribution in [2.24, 2.45) is 0 Å². The minimum Gasteiger partial charge on any atom is -0.378 e. The van der Waals surface area contributed by atoms with Crippen LogP contribution in [0.2, 0.25) is 5.02 Å². The van der Waals surface area contributed by atoms with Gasteiger partial charge in [0, 0.05) is 25.8 Å². The number of benzene rings is 1. The summed E-state index contributed by atoms with van der Waals surface area (Å²) in [6, 6.07) is 7.50. The Hall–Kier alpha value is -2.18. The molecule has 24 heavy (non-hydrogen) atoms. The molecule has 1 fully saturated rings. The Morgan fingerprint density at radius 3 is 2.83 bits per heavy atom. The number of rotatable bonds is 4. The number of nitrogens with zero attached hydrogens (tertiary/aromatic N) is 2. The molecule has 1 aliphatic heterocycles. The summed E-state index contributed by atoms with van der Waals surface area (Å²) in [6.07, 6.45) is 1.72. The van der Waals surface area contributed by atoms with Gasteiger partial charge in [0.25, 0.3) is 5.91 Å². The van der Waals surface area contributed by atoms with Crippen LogP contribution in [0.3, 0.4) is 0 Å².